The smallest absolute Gasteiger partial charge is 0.161 e. The van der Waals surface area contributed by atoms with Crippen molar-refractivity contribution in [3.63, 3.8) is 0 Å². The van der Waals surface area contributed by atoms with Crippen LogP contribution in [-0.2, 0) is 4.79 Å². The van der Waals surface area contributed by atoms with Gasteiger partial charge in [0.1, 0.15) is 0 Å². The van der Waals surface area contributed by atoms with Crippen molar-refractivity contribution in [3.8, 4) is 0 Å². The zero-order valence-electron chi connectivity index (χ0n) is 10.5. The third-order valence-electron chi connectivity index (χ3n) is 4.85. The molecule has 1 N–H and O–H groups in total. The van der Waals surface area contributed by atoms with E-state index in [0.29, 0.717) is 11.7 Å². The molecule has 2 fully saturated rings. The summed E-state index contributed by atoms with van der Waals surface area (Å²) in [4.78, 5) is 12.1. The number of hydrogen-bond donors (Lipinski definition) is 1. The monoisotopic (exact) mass is 222 g/mol. The highest BCUT2D eigenvalue weighted by Gasteiger charge is 2.51. The first-order valence-electron chi connectivity index (χ1n) is 6.38. The molecule has 0 heterocycles. The predicted octanol–water partition coefficient (Wildman–Crippen LogP) is 2.71. The maximum atomic E-state index is 12.1. The summed E-state index contributed by atoms with van der Waals surface area (Å²) in [6.07, 6.45) is 5.50. The SMILES string of the molecule is CC=C1C[C@@]2(C)C(CCC[C@@H]2O)C(C)C1=O. The summed E-state index contributed by atoms with van der Waals surface area (Å²) in [6.45, 7) is 6.12. The summed E-state index contributed by atoms with van der Waals surface area (Å²) in [7, 11) is 0. The molecule has 4 atom stereocenters. The highest BCUT2D eigenvalue weighted by Crippen LogP contribution is 2.52. The van der Waals surface area contributed by atoms with Crippen molar-refractivity contribution < 1.29 is 9.90 Å². The Labute approximate surface area is 97.7 Å². The molecule has 0 amide bonds. The van der Waals surface area contributed by atoms with E-state index in [4.69, 9.17) is 0 Å². The first kappa shape index (κ1) is 11.8. The van der Waals surface area contributed by atoms with Gasteiger partial charge in [0.2, 0.25) is 0 Å². The molecule has 2 aliphatic carbocycles. The first-order valence-corrected chi connectivity index (χ1v) is 6.38. The molecule has 2 unspecified atom stereocenters. The molecule has 0 spiro atoms. The Kier molecular flexibility index (Phi) is 2.95. The molecule has 2 nitrogen and oxygen atoms in total. The predicted molar refractivity (Wildman–Crippen MR) is 64.0 cm³/mol. The zero-order chi connectivity index (χ0) is 11.9. The molecule has 0 radical (unpaired) electrons. The largest absolute Gasteiger partial charge is 0.393 e. The summed E-state index contributed by atoms with van der Waals surface area (Å²) in [5.74, 6) is 0.756. The summed E-state index contributed by atoms with van der Waals surface area (Å²) >= 11 is 0. The van der Waals surface area contributed by atoms with Gasteiger partial charge < -0.3 is 5.11 Å². The summed E-state index contributed by atoms with van der Waals surface area (Å²) in [5, 5.41) is 10.2. The van der Waals surface area contributed by atoms with E-state index in [1.807, 2.05) is 19.9 Å². The van der Waals surface area contributed by atoms with E-state index in [-0.39, 0.29) is 17.4 Å². The van der Waals surface area contributed by atoms with Crippen LogP contribution in [0.4, 0.5) is 0 Å². The number of rotatable bonds is 0. The van der Waals surface area contributed by atoms with Gasteiger partial charge in [0.15, 0.2) is 5.78 Å². The lowest BCUT2D eigenvalue weighted by atomic mass is 9.54. The number of fused-ring (bicyclic) bond motifs is 1. The molecule has 2 rings (SSSR count). The van der Waals surface area contributed by atoms with Crippen LogP contribution in [0.25, 0.3) is 0 Å². The van der Waals surface area contributed by atoms with Crippen molar-refractivity contribution in [2.24, 2.45) is 17.3 Å². The summed E-state index contributed by atoms with van der Waals surface area (Å²) < 4.78 is 0. The van der Waals surface area contributed by atoms with Crippen molar-refractivity contribution in [3.05, 3.63) is 11.6 Å². The molecule has 16 heavy (non-hydrogen) atoms. The Morgan fingerprint density at radius 3 is 2.75 bits per heavy atom. The number of carbonyl (C=O) groups excluding carboxylic acids is 1. The minimum absolute atomic E-state index is 0.0760. The minimum Gasteiger partial charge on any atom is -0.393 e. The molecule has 0 bridgehead atoms. The lowest BCUT2D eigenvalue weighted by molar-refractivity contribution is -0.133. The highest BCUT2D eigenvalue weighted by molar-refractivity contribution is 5.98. The summed E-state index contributed by atoms with van der Waals surface area (Å²) in [5.41, 5.74) is 0.847. The van der Waals surface area contributed by atoms with Crippen molar-refractivity contribution in [2.45, 2.75) is 52.6 Å². The van der Waals surface area contributed by atoms with Crippen LogP contribution >= 0.6 is 0 Å². The molecule has 0 saturated heterocycles. The van der Waals surface area contributed by atoms with Crippen LogP contribution in [0.2, 0.25) is 0 Å². The van der Waals surface area contributed by atoms with E-state index < -0.39 is 0 Å². The molecule has 2 aliphatic rings. The van der Waals surface area contributed by atoms with Gasteiger partial charge in [0, 0.05) is 11.3 Å². The van der Waals surface area contributed by atoms with E-state index in [1.54, 1.807) is 0 Å². The summed E-state index contributed by atoms with van der Waals surface area (Å²) in [6, 6.07) is 0. The van der Waals surface area contributed by atoms with Crippen LogP contribution in [0.3, 0.4) is 0 Å². The number of Topliss-reactive ketones (excluding diaryl/α,β-unsaturated/α-hetero) is 1. The number of hydrogen-bond acceptors (Lipinski definition) is 2. The maximum Gasteiger partial charge on any atom is 0.161 e. The minimum atomic E-state index is -0.239. The normalized spacial score (nSPS) is 46.9. The molecular formula is C14H22O2. The zero-order valence-corrected chi connectivity index (χ0v) is 10.5. The van der Waals surface area contributed by atoms with Crippen LogP contribution in [0, 0.1) is 17.3 Å². The lowest BCUT2D eigenvalue weighted by Crippen LogP contribution is -2.51. The fourth-order valence-corrected chi connectivity index (χ4v) is 3.72. The second kappa shape index (κ2) is 3.99. The number of carbonyl (C=O) groups is 1. The van der Waals surface area contributed by atoms with Crippen LogP contribution in [0.15, 0.2) is 11.6 Å². The van der Waals surface area contributed by atoms with Crippen molar-refractivity contribution in [1.29, 1.82) is 0 Å². The van der Waals surface area contributed by atoms with E-state index in [9.17, 15) is 9.90 Å². The molecule has 0 aliphatic heterocycles. The topological polar surface area (TPSA) is 37.3 Å². The average Bonchev–Trinajstić information content (AvgIpc) is 2.27. The van der Waals surface area contributed by atoms with Crippen molar-refractivity contribution in [2.75, 3.05) is 0 Å². The van der Waals surface area contributed by atoms with Gasteiger partial charge in [-0.3, -0.25) is 4.79 Å². The molecule has 0 aromatic carbocycles. The maximum absolute atomic E-state index is 12.1. The van der Waals surface area contributed by atoms with Gasteiger partial charge in [-0.25, -0.2) is 0 Å². The van der Waals surface area contributed by atoms with E-state index in [1.165, 1.54) is 0 Å². The van der Waals surface area contributed by atoms with Crippen LogP contribution in [0.1, 0.15) is 46.5 Å². The standard InChI is InChI=1S/C14H22O2/c1-4-10-8-14(3)11(9(2)13(10)16)6-5-7-12(14)15/h4,9,11-12,15H,5-8H2,1-3H3/t9?,11?,12-,14-/m0/s1. The van der Waals surface area contributed by atoms with Crippen LogP contribution < -0.4 is 0 Å². The van der Waals surface area contributed by atoms with Gasteiger partial charge in [-0.1, -0.05) is 26.3 Å². The molecule has 2 saturated carbocycles. The quantitative estimate of drug-likeness (QED) is 0.640. The van der Waals surface area contributed by atoms with Gasteiger partial charge in [0.05, 0.1) is 6.10 Å². The van der Waals surface area contributed by atoms with Gasteiger partial charge >= 0.3 is 0 Å². The fraction of sp³-hybridized carbons (Fsp3) is 0.786. The Bertz CT molecular complexity index is 332. The molecule has 2 heteroatoms. The fourth-order valence-electron chi connectivity index (χ4n) is 3.72. The molecular weight excluding hydrogens is 200 g/mol. The highest BCUT2D eigenvalue weighted by atomic mass is 16.3. The van der Waals surface area contributed by atoms with E-state index in [2.05, 4.69) is 6.92 Å². The van der Waals surface area contributed by atoms with Gasteiger partial charge in [0.25, 0.3) is 0 Å². The van der Waals surface area contributed by atoms with Crippen LogP contribution in [0.5, 0.6) is 0 Å². The number of aliphatic hydroxyl groups is 1. The van der Waals surface area contributed by atoms with E-state index in [0.717, 1.165) is 31.3 Å². The second-order valence-corrected chi connectivity index (χ2v) is 5.70. The third kappa shape index (κ3) is 1.55. The number of allylic oxidation sites excluding steroid dienone is 2. The number of aliphatic hydroxyl groups excluding tert-OH is 1. The van der Waals surface area contributed by atoms with E-state index >= 15 is 0 Å². The molecule has 0 aromatic heterocycles. The first-order chi connectivity index (χ1) is 7.50. The molecule has 0 aromatic rings. The van der Waals surface area contributed by atoms with Gasteiger partial charge in [-0.2, -0.15) is 0 Å². The lowest BCUT2D eigenvalue weighted by Gasteiger charge is -2.51. The average molecular weight is 222 g/mol. The second-order valence-electron chi connectivity index (χ2n) is 5.70. The van der Waals surface area contributed by atoms with Crippen LogP contribution in [-0.4, -0.2) is 17.0 Å². The Balaban J connectivity index is 2.36. The Morgan fingerprint density at radius 2 is 2.12 bits per heavy atom. The van der Waals surface area contributed by atoms with Crippen molar-refractivity contribution in [1.82, 2.24) is 0 Å². The van der Waals surface area contributed by atoms with Crippen molar-refractivity contribution >= 4 is 5.78 Å². The third-order valence-corrected chi connectivity index (χ3v) is 4.85. The molecule has 90 valence electrons. The Hall–Kier alpha value is -0.630. The number of ketones is 1. The Morgan fingerprint density at radius 1 is 1.44 bits per heavy atom. The van der Waals surface area contributed by atoms with Gasteiger partial charge in [-0.05, 0) is 37.7 Å². The van der Waals surface area contributed by atoms with Gasteiger partial charge in [-0.15, -0.1) is 0 Å².